The summed E-state index contributed by atoms with van der Waals surface area (Å²) in [6, 6.07) is 0. The molecule has 0 aliphatic heterocycles. The van der Waals surface area contributed by atoms with Crippen LogP contribution in [0.3, 0.4) is 0 Å². The predicted octanol–water partition coefficient (Wildman–Crippen LogP) is 2.04. The normalized spacial score (nSPS) is 11.0. The minimum absolute atomic E-state index is 0. The van der Waals surface area contributed by atoms with E-state index in [0.29, 0.717) is 13.1 Å². The summed E-state index contributed by atoms with van der Waals surface area (Å²) in [5, 5.41) is 0. The summed E-state index contributed by atoms with van der Waals surface area (Å²) in [7, 11) is 0. The summed E-state index contributed by atoms with van der Waals surface area (Å²) in [5.41, 5.74) is 8.69. The van der Waals surface area contributed by atoms with Gasteiger partial charge in [0.25, 0.3) is 0 Å². The predicted molar refractivity (Wildman–Crippen MR) is 82.0 cm³/mol. The van der Waals surface area contributed by atoms with Crippen LogP contribution < -0.4 is 11.2 Å². The number of hydroxylamine groups is 1. The first-order chi connectivity index (χ1) is 8.76. The van der Waals surface area contributed by atoms with Crippen LogP contribution in [0.2, 0.25) is 0 Å². The summed E-state index contributed by atoms with van der Waals surface area (Å²) in [5.74, 6) is -0.254. The zero-order valence-corrected chi connectivity index (χ0v) is 11.8. The Morgan fingerprint density at radius 1 is 1.21 bits per heavy atom. The Labute approximate surface area is 139 Å². The fraction of sp³-hybridized carbons (Fsp3) is 0.786. The number of carbonyl (C=O) groups is 1. The van der Waals surface area contributed by atoms with Crippen molar-refractivity contribution >= 4 is 35.5 Å². The molecule has 3 N–H and O–H groups in total. The molecule has 0 fully saturated rings. The van der Waals surface area contributed by atoms with E-state index in [1.54, 1.807) is 0 Å². The van der Waals surface area contributed by atoms with Crippen LogP contribution >= 0.6 is 0 Å². The number of nitrogens with one attached hydrogen (secondary N) is 1. The van der Waals surface area contributed by atoms with Crippen LogP contribution in [0.5, 0.6) is 0 Å². The van der Waals surface area contributed by atoms with Crippen LogP contribution in [0.4, 0.5) is 0 Å². The van der Waals surface area contributed by atoms with Crippen molar-refractivity contribution in [2.24, 2.45) is 5.73 Å². The van der Waals surface area contributed by atoms with Crippen molar-refractivity contribution in [3.05, 3.63) is 11.6 Å². The molecule has 0 unspecified atom stereocenters. The molecule has 0 spiro atoms. The average molecular weight is 280 g/mol. The first kappa shape index (κ1) is 21.4. The van der Waals surface area contributed by atoms with Crippen molar-refractivity contribution in [3.8, 4) is 0 Å². The maximum atomic E-state index is 11.8. The van der Waals surface area contributed by atoms with Crippen molar-refractivity contribution in [2.75, 3.05) is 13.1 Å². The standard InChI is InChI=1S/C14H28N2O2.Na.H/c1-3-5-7-9-13(10-8-6-4-2)14(17)18-16-12-11-15;;/h9,16H,3-8,10-12,15H2,1-2H3;;. The molecule has 0 saturated carbocycles. The van der Waals surface area contributed by atoms with Gasteiger partial charge in [0.2, 0.25) is 0 Å². The molecule has 0 aromatic heterocycles. The molecule has 0 aliphatic rings. The van der Waals surface area contributed by atoms with E-state index in [4.69, 9.17) is 10.6 Å². The zero-order valence-electron chi connectivity index (χ0n) is 11.8. The Morgan fingerprint density at radius 3 is 2.47 bits per heavy atom. The van der Waals surface area contributed by atoms with Gasteiger partial charge < -0.3 is 10.6 Å². The second-order valence-electron chi connectivity index (χ2n) is 4.40. The molecule has 0 aliphatic carbocycles. The van der Waals surface area contributed by atoms with Gasteiger partial charge in [0, 0.05) is 18.7 Å². The molecule has 108 valence electrons. The molecular weight excluding hydrogens is 251 g/mol. The minimum atomic E-state index is -0.254. The Kier molecular flexibility index (Phi) is 18.3. The van der Waals surface area contributed by atoms with Crippen molar-refractivity contribution < 1.29 is 9.63 Å². The molecule has 0 rings (SSSR count). The molecule has 0 heterocycles. The van der Waals surface area contributed by atoms with Crippen LogP contribution in [0.25, 0.3) is 0 Å². The average Bonchev–Trinajstić information content (AvgIpc) is 2.37. The molecule has 0 saturated heterocycles. The Morgan fingerprint density at radius 2 is 1.89 bits per heavy atom. The molecule has 0 aromatic carbocycles. The zero-order chi connectivity index (χ0) is 13.6. The van der Waals surface area contributed by atoms with E-state index in [0.717, 1.165) is 50.5 Å². The molecule has 0 aromatic rings. The van der Waals surface area contributed by atoms with Gasteiger partial charge in [0.05, 0.1) is 0 Å². The molecular formula is C14H29N2NaO2. The summed E-state index contributed by atoms with van der Waals surface area (Å²) in [4.78, 5) is 16.8. The van der Waals surface area contributed by atoms with E-state index in [-0.39, 0.29) is 35.5 Å². The summed E-state index contributed by atoms with van der Waals surface area (Å²) < 4.78 is 0. The van der Waals surface area contributed by atoms with Crippen molar-refractivity contribution in [1.82, 2.24) is 5.48 Å². The number of allylic oxidation sites excluding steroid dienone is 1. The number of hydrogen-bond donors (Lipinski definition) is 2. The molecule has 5 heteroatoms. The SMILES string of the molecule is CCCCC=C(CCCCC)C(=O)ONCCN.[NaH]. The van der Waals surface area contributed by atoms with E-state index < -0.39 is 0 Å². The topological polar surface area (TPSA) is 64.3 Å². The summed E-state index contributed by atoms with van der Waals surface area (Å²) in [6.45, 7) is 5.24. The van der Waals surface area contributed by atoms with Gasteiger partial charge in [-0.25, -0.2) is 4.79 Å². The summed E-state index contributed by atoms with van der Waals surface area (Å²) in [6.07, 6.45) is 9.37. The van der Waals surface area contributed by atoms with Crippen molar-refractivity contribution in [3.63, 3.8) is 0 Å². The van der Waals surface area contributed by atoms with E-state index in [1.807, 2.05) is 6.08 Å². The molecule has 0 amide bonds. The van der Waals surface area contributed by atoms with Gasteiger partial charge in [0.15, 0.2) is 0 Å². The fourth-order valence-electron chi connectivity index (χ4n) is 1.57. The quantitative estimate of drug-likeness (QED) is 0.263. The van der Waals surface area contributed by atoms with Gasteiger partial charge in [-0.1, -0.05) is 45.6 Å². The van der Waals surface area contributed by atoms with Crippen LogP contribution in [0.15, 0.2) is 11.6 Å². The Bertz CT molecular complexity index is 246. The van der Waals surface area contributed by atoms with Gasteiger partial charge in [-0.05, 0) is 19.3 Å². The third-order valence-corrected chi connectivity index (χ3v) is 2.67. The molecule has 19 heavy (non-hydrogen) atoms. The van der Waals surface area contributed by atoms with E-state index in [1.165, 1.54) is 0 Å². The van der Waals surface area contributed by atoms with Crippen LogP contribution in [-0.2, 0) is 9.63 Å². The number of rotatable bonds is 11. The van der Waals surface area contributed by atoms with Crippen molar-refractivity contribution in [2.45, 2.75) is 58.8 Å². The monoisotopic (exact) mass is 280 g/mol. The third-order valence-electron chi connectivity index (χ3n) is 2.67. The third kappa shape index (κ3) is 12.9. The Balaban J connectivity index is 0. The van der Waals surface area contributed by atoms with Gasteiger partial charge >= 0.3 is 35.5 Å². The van der Waals surface area contributed by atoms with Gasteiger partial charge in [-0.2, -0.15) is 5.48 Å². The van der Waals surface area contributed by atoms with E-state index >= 15 is 0 Å². The number of nitrogens with two attached hydrogens (primary N) is 1. The fourth-order valence-corrected chi connectivity index (χ4v) is 1.57. The van der Waals surface area contributed by atoms with Gasteiger partial charge in [-0.15, -0.1) is 0 Å². The molecule has 4 nitrogen and oxygen atoms in total. The number of hydrogen-bond acceptors (Lipinski definition) is 4. The van der Waals surface area contributed by atoms with Crippen LogP contribution in [0.1, 0.15) is 58.8 Å². The second kappa shape index (κ2) is 16.2. The van der Waals surface area contributed by atoms with Crippen molar-refractivity contribution in [1.29, 1.82) is 0 Å². The van der Waals surface area contributed by atoms with Crippen LogP contribution in [0, 0.1) is 0 Å². The van der Waals surface area contributed by atoms with E-state index in [2.05, 4.69) is 19.3 Å². The Hall–Kier alpha value is 0.130. The molecule has 0 atom stereocenters. The van der Waals surface area contributed by atoms with Crippen LogP contribution in [-0.4, -0.2) is 48.6 Å². The summed E-state index contributed by atoms with van der Waals surface area (Å²) >= 11 is 0. The number of unbranched alkanes of at least 4 members (excludes halogenated alkanes) is 4. The first-order valence-electron chi connectivity index (χ1n) is 7.09. The maximum absolute atomic E-state index is 11.8. The van der Waals surface area contributed by atoms with Gasteiger partial charge in [-0.3, -0.25) is 0 Å². The molecule has 0 bridgehead atoms. The second-order valence-corrected chi connectivity index (χ2v) is 4.40. The van der Waals surface area contributed by atoms with E-state index in [9.17, 15) is 4.79 Å². The first-order valence-corrected chi connectivity index (χ1v) is 7.09. The molecule has 0 radical (unpaired) electrons. The van der Waals surface area contributed by atoms with Gasteiger partial charge in [0.1, 0.15) is 0 Å². The number of carbonyl (C=O) groups excluding carboxylic acids is 1.